The molecule has 0 fully saturated rings. The van der Waals surface area contributed by atoms with Crippen LogP contribution < -0.4 is 0 Å². The molecule has 96 valence electrons. The zero-order valence-electron chi connectivity index (χ0n) is 9.25. The second-order valence-electron chi connectivity index (χ2n) is 3.85. The molecule has 0 aliphatic heterocycles. The van der Waals surface area contributed by atoms with Crippen LogP contribution in [0.4, 0.5) is 4.39 Å². The van der Waals surface area contributed by atoms with Crippen molar-refractivity contribution in [2.75, 3.05) is 0 Å². The highest BCUT2D eigenvalue weighted by atomic mass is 79.9. The predicted octanol–water partition coefficient (Wildman–Crippen LogP) is 5.75. The maximum atomic E-state index is 13.1. The predicted molar refractivity (Wildman–Crippen MR) is 82.2 cm³/mol. The Morgan fingerprint density at radius 2 is 1.89 bits per heavy atom. The maximum Gasteiger partial charge on any atom is 0.212 e. The molecule has 2 heterocycles. The summed E-state index contributed by atoms with van der Waals surface area (Å²) in [6.07, 6.45) is 0. The van der Waals surface area contributed by atoms with Crippen LogP contribution in [0.2, 0.25) is 5.02 Å². The molecule has 0 radical (unpaired) electrons. The summed E-state index contributed by atoms with van der Waals surface area (Å²) in [5.41, 5.74) is 0. The molecule has 0 amide bonds. The van der Waals surface area contributed by atoms with Gasteiger partial charge in [-0.3, -0.25) is 4.79 Å². The summed E-state index contributed by atoms with van der Waals surface area (Å²) in [5, 5.41) is 1.40. The molecule has 0 aliphatic rings. The second kappa shape index (κ2) is 4.98. The summed E-state index contributed by atoms with van der Waals surface area (Å²) < 4.78 is 14.6. The van der Waals surface area contributed by atoms with Crippen LogP contribution in [0.1, 0.15) is 14.5 Å². The standard InChI is InChI=1S/C13H5BrClFOS2/c14-13-8(15)5-11(19-13)12(17)10-3-6-1-2-7(16)4-9(6)18-10/h1-5H. The SMILES string of the molecule is O=C(c1cc(Cl)c(Br)s1)c1cc2ccc(F)cc2s1. The van der Waals surface area contributed by atoms with E-state index in [4.69, 9.17) is 11.6 Å². The van der Waals surface area contributed by atoms with E-state index < -0.39 is 0 Å². The van der Waals surface area contributed by atoms with Crippen LogP contribution in [0.5, 0.6) is 0 Å². The molecule has 0 unspecified atom stereocenters. The number of carbonyl (C=O) groups excluding carboxylic acids is 1. The van der Waals surface area contributed by atoms with Crippen LogP contribution in [0.15, 0.2) is 34.1 Å². The van der Waals surface area contributed by atoms with Crippen molar-refractivity contribution < 1.29 is 9.18 Å². The van der Waals surface area contributed by atoms with Crippen molar-refractivity contribution in [3.8, 4) is 0 Å². The number of fused-ring (bicyclic) bond motifs is 1. The van der Waals surface area contributed by atoms with E-state index in [-0.39, 0.29) is 11.6 Å². The highest BCUT2D eigenvalue weighted by Gasteiger charge is 2.17. The molecule has 0 atom stereocenters. The third-order valence-corrected chi connectivity index (χ3v) is 6.14. The van der Waals surface area contributed by atoms with Crippen molar-refractivity contribution in [1.82, 2.24) is 0 Å². The number of carbonyl (C=O) groups is 1. The number of halogens is 3. The first-order valence-electron chi connectivity index (χ1n) is 5.23. The molecule has 6 heteroatoms. The maximum absolute atomic E-state index is 13.1. The van der Waals surface area contributed by atoms with Gasteiger partial charge in [0.05, 0.1) is 18.6 Å². The number of thiophene rings is 2. The fourth-order valence-electron chi connectivity index (χ4n) is 1.70. The number of benzene rings is 1. The molecule has 3 aromatic rings. The van der Waals surface area contributed by atoms with Gasteiger partial charge >= 0.3 is 0 Å². The van der Waals surface area contributed by atoms with E-state index in [1.165, 1.54) is 34.8 Å². The summed E-state index contributed by atoms with van der Waals surface area (Å²) in [6, 6.07) is 7.93. The van der Waals surface area contributed by atoms with Crippen LogP contribution in [0.25, 0.3) is 10.1 Å². The van der Waals surface area contributed by atoms with Gasteiger partial charge in [0, 0.05) is 4.70 Å². The largest absolute Gasteiger partial charge is 0.287 e. The van der Waals surface area contributed by atoms with Gasteiger partial charge in [0.15, 0.2) is 0 Å². The zero-order valence-corrected chi connectivity index (χ0v) is 13.2. The third kappa shape index (κ3) is 2.48. The van der Waals surface area contributed by atoms with Gasteiger partial charge in [-0.15, -0.1) is 22.7 Å². The van der Waals surface area contributed by atoms with Crippen LogP contribution in [0, 0.1) is 5.82 Å². The summed E-state index contributed by atoms with van der Waals surface area (Å²) in [6.45, 7) is 0. The molecule has 0 N–H and O–H groups in total. The summed E-state index contributed by atoms with van der Waals surface area (Å²) in [7, 11) is 0. The lowest BCUT2D eigenvalue weighted by atomic mass is 10.2. The Hall–Kier alpha value is -0.750. The Morgan fingerprint density at radius 1 is 1.16 bits per heavy atom. The average Bonchev–Trinajstić information content (AvgIpc) is 2.92. The molecule has 3 rings (SSSR count). The lowest BCUT2D eigenvalue weighted by Gasteiger charge is -1.90. The molecule has 1 aromatic carbocycles. The van der Waals surface area contributed by atoms with Crippen molar-refractivity contribution in [3.63, 3.8) is 0 Å². The number of hydrogen-bond acceptors (Lipinski definition) is 3. The van der Waals surface area contributed by atoms with Gasteiger partial charge in [-0.1, -0.05) is 17.7 Å². The molecular formula is C13H5BrClFOS2. The highest BCUT2D eigenvalue weighted by Crippen LogP contribution is 2.35. The van der Waals surface area contributed by atoms with E-state index in [0.29, 0.717) is 14.8 Å². The third-order valence-electron chi connectivity index (χ3n) is 2.57. The van der Waals surface area contributed by atoms with Crippen molar-refractivity contribution in [2.24, 2.45) is 0 Å². The van der Waals surface area contributed by atoms with Gasteiger partial charge in [-0.2, -0.15) is 0 Å². The minimum atomic E-state index is -0.296. The molecule has 0 aliphatic carbocycles. The van der Waals surface area contributed by atoms with Crippen LogP contribution in [0.3, 0.4) is 0 Å². The highest BCUT2D eigenvalue weighted by molar-refractivity contribution is 9.11. The van der Waals surface area contributed by atoms with Crippen molar-refractivity contribution in [1.29, 1.82) is 0 Å². The average molecular weight is 376 g/mol. The van der Waals surface area contributed by atoms with Crippen molar-refractivity contribution in [2.45, 2.75) is 0 Å². The molecule has 0 spiro atoms. The van der Waals surface area contributed by atoms with Crippen molar-refractivity contribution in [3.05, 3.63) is 54.7 Å². The second-order valence-corrected chi connectivity index (χ2v) is 7.72. The van der Waals surface area contributed by atoms with Crippen LogP contribution in [-0.4, -0.2) is 5.78 Å². The lowest BCUT2D eigenvalue weighted by Crippen LogP contribution is -1.93. The zero-order chi connectivity index (χ0) is 13.6. The van der Waals surface area contributed by atoms with E-state index in [9.17, 15) is 9.18 Å². The van der Waals surface area contributed by atoms with Crippen molar-refractivity contribution >= 4 is 66.1 Å². The Morgan fingerprint density at radius 3 is 2.58 bits per heavy atom. The first-order chi connectivity index (χ1) is 9.04. The Labute approximate surface area is 129 Å². The monoisotopic (exact) mass is 374 g/mol. The Balaban J connectivity index is 2.06. The normalized spacial score (nSPS) is 11.1. The molecule has 0 bridgehead atoms. The fraction of sp³-hybridized carbons (Fsp3) is 0. The summed E-state index contributed by atoms with van der Waals surface area (Å²) in [5.74, 6) is -0.380. The number of ketones is 1. The quantitative estimate of drug-likeness (QED) is 0.521. The smallest absolute Gasteiger partial charge is 0.212 e. The van der Waals surface area contributed by atoms with E-state index in [2.05, 4.69) is 15.9 Å². The Bertz CT molecular complexity index is 774. The fourth-order valence-corrected chi connectivity index (χ4v) is 4.46. The van der Waals surface area contributed by atoms with Gasteiger partial charge < -0.3 is 0 Å². The van der Waals surface area contributed by atoms with Crippen LogP contribution >= 0.6 is 50.2 Å². The lowest BCUT2D eigenvalue weighted by molar-refractivity contribution is 0.104. The van der Waals surface area contributed by atoms with Crippen LogP contribution in [-0.2, 0) is 0 Å². The summed E-state index contributed by atoms with van der Waals surface area (Å²) >= 11 is 11.8. The molecule has 0 saturated heterocycles. The first-order valence-corrected chi connectivity index (χ1v) is 8.03. The first kappa shape index (κ1) is 13.2. The topological polar surface area (TPSA) is 17.1 Å². The van der Waals surface area contributed by atoms with Gasteiger partial charge in [-0.05, 0) is 45.6 Å². The Kier molecular flexibility index (Phi) is 3.47. The summed E-state index contributed by atoms with van der Waals surface area (Å²) in [4.78, 5) is 13.5. The molecule has 2 aromatic heterocycles. The van der Waals surface area contributed by atoms with Gasteiger partial charge in [0.2, 0.25) is 5.78 Å². The van der Waals surface area contributed by atoms with Gasteiger partial charge in [-0.25, -0.2) is 4.39 Å². The number of rotatable bonds is 2. The van der Waals surface area contributed by atoms with E-state index in [0.717, 1.165) is 13.9 Å². The molecule has 19 heavy (non-hydrogen) atoms. The molecular weight excluding hydrogens is 371 g/mol. The van der Waals surface area contributed by atoms with E-state index in [1.807, 2.05) is 0 Å². The number of hydrogen-bond donors (Lipinski definition) is 0. The molecule has 1 nitrogen and oxygen atoms in total. The minimum Gasteiger partial charge on any atom is -0.287 e. The van der Waals surface area contributed by atoms with Gasteiger partial charge in [0.25, 0.3) is 0 Å². The minimum absolute atomic E-state index is 0.0841. The molecule has 0 saturated carbocycles. The van der Waals surface area contributed by atoms with E-state index in [1.54, 1.807) is 18.2 Å². The van der Waals surface area contributed by atoms with E-state index >= 15 is 0 Å². The van der Waals surface area contributed by atoms with Gasteiger partial charge in [0.1, 0.15) is 5.82 Å².